The summed E-state index contributed by atoms with van der Waals surface area (Å²) < 4.78 is 0. The van der Waals surface area contributed by atoms with Crippen molar-refractivity contribution in [1.29, 1.82) is 0 Å². The molecule has 0 unspecified atom stereocenters. The van der Waals surface area contributed by atoms with E-state index >= 15 is 0 Å². The van der Waals surface area contributed by atoms with Crippen molar-refractivity contribution in [3.8, 4) is 0 Å². The fraction of sp³-hybridized carbons (Fsp3) is 0.692. The van der Waals surface area contributed by atoms with Gasteiger partial charge in [-0.1, -0.05) is 32.4 Å². The van der Waals surface area contributed by atoms with Gasteiger partial charge < -0.3 is 10.6 Å². The third-order valence-corrected chi connectivity index (χ3v) is 2.67. The maximum absolute atomic E-state index is 6.12. The summed E-state index contributed by atoms with van der Waals surface area (Å²) in [5.74, 6) is 1.23. The first-order valence-corrected chi connectivity index (χ1v) is 6.49. The van der Waals surface area contributed by atoms with Gasteiger partial charge in [-0.15, -0.1) is 0 Å². The molecule has 5 heteroatoms. The van der Waals surface area contributed by atoms with Gasteiger partial charge in [0.2, 0.25) is 5.95 Å². The molecule has 0 saturated heterocycles. The van der Waals surface area contributed by atoms with E-state index in [4.69, 9.17) is 11.6 Å². The molecule has 0 radical (unpaired) electrons. The lowest BCUT2D eigenvalue weighted by Crippen LogP contribution is -2.36. The Labute approximate surface area is 115 Å². The molecule has 1 rings (SSSR count). The van der Waals surface area contributed by atoms with Crippen LogP contribution in [0.5, 0.6) is 0 Å². The topological polar surface area (TPSA) is 49.8 Å². The summed E-state index contributed by atoms with van der Waals surface area (Å²) in [5.41, 5.74) is 0.156. The van der Waals surface area contributed by atoms with Gasteiger partial charge in [-0.3, -0.25) is 0 Å². The van der Waals surface area contributed by atoms with Crippen molar-refractivity contribution in [3.63, 3.8) is 0 Å². The predicted octanol–water partition coefficient (Wildman–Crippen LogP) is 3.80. The van der Waals surface area contributed by atoms with Crippen molar-refractivity contribution >= 4 is 23.4 Å². The Kier molecular flexibility index (Phi) is 4.43. The third kappa shape index (κ3) is 4.69. The Morgan fingerprint density at radius 1 is 1.22 bits per heavy atom. The Bertz CT molecular complexity index is 410. The number of halogens is 1. The maximum atomic E-state index is 6.12. The zero-order valence-electron chi connectivity index (χ0n) is 12.1. The molecule has 0 fully saturated rings. The van der Waals surface area contributed by atoms with E-state index in [1.807, 2.05) is 0 Å². The third-order valence-electron chi connectivity index (χ3n) is 2.40. The van der Waals surface area contributed by atoms with Crippen LogP contribution in [0.15, 0.2) is 6.20 Å². The molecule has 0 aliphatic heterocycles. The Morgan fingerprint density at radius 3 is 2.33 bits per heavy atom. The van der Waals surface area contributed by atoms with E-state index in [0.29, 0.717) is 16.8 Å². The normalized spacial score (nSPS) is 12.4. The van der Waals surface area contributed by atoms with Crippen LogP contribution in [0.4, 0.5) is 11.8 Å². The molecule has 2 N–H and O–H groups in total. The molecule has 0 atom stereocenters. The van der Waals surface area contributed by atoms with E-state index in [2.05, 4.69) is 55.2 Å². The minimum absolute atomic E-state index is 0.0821. The lowest BCUT2D eigenvalue weighted by molar-refractivity contribution is 0.302. The number of nitrogens with one attached hydrogen (secondary N) is 2. The van der Waals surface area contributed by atoms with Crippen molar-refractivity contribution in [2.45, 2.75) is 46.6 Å². The predicted molar refractivity (Wildman–Crippen MR) is 78.4 cm³/mol. The molecule has 0 saturated carbocycles. The number of anilines is 2. The highest BCUT2D eigenvalue weighted by atomic mass is 35.5. The van der Waals surface area contributed by atoms with Gasteiger partial charge in [0.05, 0.1) is 6.20 Å². The van der Waals surface area contributed by atoms with Crippen LogP contribution in [0.2, 0.25) is 5.02 Å². The molecule has 0 spiro atoms. The number of rotatable bonds is 4. The molecule has 18 heavy (non-hydrogen) atoms. The molecular formula is C13H23ClN4. The zero-order valence-corrected chi connectivity index (χ0v) is 12.8. The van der Waals surface area contributed by atoms with Crippen LogP contribution < -0.4 is 10.6 Å². The van der Waals surface area contributed by atoms with Gasteiger partial charge in [0.15, 0.2) is 5.82 Å². The van der Waals surface area contributed by atoms with Crippen molar-refractivity contribution in [1.82, 2.24) is 9.97 Å². The summed E-state index contributed by atoms with van der Waals surface area (Å²) in [6.07, 6.45) is 2.62. The zero-order chi connectivity index (χ0) is 14.0. The van der Waals surface area contributed by atoms with Gasteiger partial charge in [-0.05, 0) is 25.7 Å². The summed E-state index contributed by atoms with van der Waals surface area (Å²) in [4.78, 5) is 8.41. The number of nitrogens with zero attached hydrogens (tertiary/aromatic N) is 2. The molecule has 0 aliphatic carbocycles. The second-order valence-corrected chi connectivity index (χ2v) is 6.79. The highest BCUT2D eigenvalue weighted by molar-refractivity contribution is 6.32. The summed E-state index contributed by atoms with van der Waals surface area (Å²) >= 11 is 6.12. The minimum atomic E-state index is -0.0821. The second-order valence-electron chi connectivity index (χ2n) is 6.39. The van der Waals surface area contributed by atoms with Crippen LogP contribution in [0.1, 0.15) is 41.0 Å². The highest BCUT2D eigenvalue weighted by Crippen LogP contribution is 2.31. The average molecular weight is 271 g/mol. The molecule has 0 bridgehead atoms. The molecule has 1 aromatic rings. The van der Waals surface area contributed by atoms with Crippen molar-refractivity contribution < 1.29 is 0 Å². The van der Waals surface area contributed by atoms with Crippen LogP contribution in [0.25, 0.3) is 0 Å². The van der Waals surface area contributed by atoms with E-state index in [0.717, 1.165) is 6.42 Å². The van der Waals surface area contributed by atoms with Crippen LogP contribution in [0, 0.1) is 5.41 Å². The maximum Gasteiger partial charge on any atom is 0.224 e. The molecule has 1 aromatic heterocycles. The molecule has 102 valence electrons. The molecule has 0 amide bonds. The molecule has 0 aromatic carbocycles. The largest absolute Gasteiger partial charge is 0.364 e. The van der Waals surface area contributed by atoms with Crippen LogP contribution >= 0.6 is 11.6 Å². The molecule has 4 nitrogen and oxygen atoms in total. The van der Waals surface area contributed by atoms with E-state index < -0.39 is 0 Å². The standard InChI is InChI=1S/C13H23ClN4/c1-12(2,3)8-13(4,5)18-10-9(14)7-16-11(15-6)17-10/h7H,8H2,1-6H3,(H2,15,16,17,18). The first-order chi connectivity index (χ1) is 8.13. The first kappa shape index (κ1) is 15.0. The van der Waals surface area contributed by atoms with E-state index in [-0.39, 0.29) is 11.0 Å². The number of hydrogen-bond acceptors (Lipinski definition) is 4. The summed E-state index contributed by atoms with van der Waals surface area (Å²) in [6, 6.07) is 0. The Morgan fingerprint density at radius 2 is 1.83 bits per heavy atom. The minimum Gasteiger partial charge on any atom is -0.364 e. The van der Waals surface area contributed by atoms with E-state index in [9.17, 15) is 0 Å². The smallest absolute Gasteiger partial charge is 0.224 e. The summed E-state index contributed by atoms with van der Waals surface area (Å²) in [5, 5.41) is 6.84. The van der Waals surface area contributed by atoms with E-state index in [1.54, 1.807) is 13.2 Å². The Hall–Kier alpha value is -1.03. The van der Waals surface area contributed by atoms with Crippen LogP contribution in [-0.4, -0.2) is 22.6 Å². The van der Waals surface area contributed by atoms with Gasteiger partial charge in [0.1, 0.15) is 5.02 Å². The average Bonchev–Trinajstić information content (AvgIpc) is 2.17. The van der Waals surface area contributed by atoms with Crippen molar-refractivity contribution in [3.05, 3.63) is 11.2 Å². The molecule has 0 aliphatic rings. The van der Waals surface area contributed by atoms with E-state index in [1.165, 1.54) is 0 Å². The fourth-order valence-corrected chi connectivity index (χ4v) is 2.40. The molecular weight excluding hydrogens is 248 g/mol. The fourth-order valence-electron chi connectivity index (χ4n) is 2.27. The van der Waals surface area contributed by atoms with Crippen molar-refractivity contribution in [2.24, 2.45) is 5.41 Å². The van der Waals surface area contributed by atoms with Gasteiger partial charge in [0.25, 0.3) is 0 Å². The lowest BCUT2D eigenvalue weighted by atomic mass is 9.82. The van der Waals surface area contributed by atoms with Gasteiger partial charge in [-0.2, -0.15) is 4.98 Å². The van der Waals surface area contributed by atoms with Crippen LogP contribution in [-0.2, 0) is 0 Å². The number of hydrogen-bond donors (Lipinski definition) is 2. The van der Waals surface area contributed by atoms with Gasteiger partial charge in [0, 0.05) is 12.6 Å². The summed E-state index contributed by atoms with van der Waals surface area (Å²) in [7, 11) is 1.79. The monoisotopic (exact) mass is 270 g/mol. The quantitative estimate of drug-likeness (QED) is 0.874. The summed E-state index contributed by atoms with van der Waals surface area (Å²) in [6.45, 7) is 11.0. The SMILES string of the molecule is CNc1ncc(Cl)c(NC(C)(C)CC(C)(C)C)n1. The van der Waals surface area contributed by atoms with Gasteiger partial charge >= 0.3 is 0 Å². The van der Waals surface area contributed by atoms with Gasteiger partial charge in [-0.25, -0.2) is 4.98 Å². The van der Waals surface area contributed by atoms with Crippen molar-refractivity contribution in [2.75, 3.05) is 17.7 Å². The lowest BCUT2D eigenvalue weighted by Gasteiger charge is -2.34. The Balaban J connectivity index is 2.89. The molecule has 1 heterocycles. The van der Waals surface area contributed by atoms with Crippen LogP contribution in [0.3, 0.4) is 0 Å². The number of aromatic nitrogens is 2. The first-order valence-electron chi connectivity index (χ1n) is 6.11. The highest BCUT2D eigenvalue weighted by Gasteiger charge is 2.26. The second kappa shape index (κ2) is 5.31.